The molecule has 1 atom stereocenters. The van der Waals surface area contributed by atoms with Crippen molar-refractivity contribution in [3.63, 3.8) is 0 Å². The molecular formula is C46H53Cl2FN6O11. The summed E-state index contributed by atoms with van der Waals surface area (Å²) in [6.45, 7) is 8.74. The van der Waals surface area contributed by atoms with Crippen molar-refractivity contribution in [2.24, 2.45) is 0 Å². The van der Waals surface area contributed by atoms with E-state index in [1.807, 2.05) is 13.0 Å². The topological polar surface area (TPSA) is 172 Å². The Kier molecular flexibility index (Phi) is 17.5. The number of esters is 2. The van der Waals surface area contributed by atoms with Gasteiger partial charge in [-0.15, -0.1) is 0 Å². The molecule has 0 bridgehead atoms. The number of hydrogen-bond donors (Lipinski definition) is 1. The smallest absolute Gasteiger partial charge is 0.414 e. The first-order valence-electron chi connectivity index (χ1n) is 21.9. The lowest BCUT2D eigenvalue weighted by Gasteiger charge is -2.26. The third-order valence-corrected chi connectivity index (χ3v) is 12.0. The summed E-state index contributed by atoms with van der Waals surface area (Å²) in [6.07, 6.45) is 2.77. The predicted octanol–water partition coefficient (Wildman–Crippen LogP) is 5.40. The normalized spacial score (nSPS) is 16.0. The Labute approximate surface area is 391 Å². The number of benzene rings is 3. The van der Waals surface area contributed by atoms with E-state index in [0.29, 0.717) is 119 Å². The molecule has 0 unspecified atom stereocenters. The van der Waals surface area contributed by atoms with Crippen LogP contribution in [0.5, 0.6) is 11.5 Å². The fraction of sp³-hybridized carbons (Fsp3) is 0.457. The second kappa shape index (κ2) is 23.8. The summed E-state index contributed by atoms with van der Waals surface area (Å²) in [5.74, 6) is -2.12. The van der Waals surface area contributed by atoms with Gasteiger partial charge in [-0.05, 0) is 43.7 Å². The van der Waals surface area contributed by atoms with E-state index >= 15 is 4.39 Å². The fourth-order valence-corrected chi connectivity index (χ4v) is 7.97. The van der Waals surface area contributed by atoms with Gasteiger partial charge in [-0.25, -0.2) is 14.0 Å². The summed E-state index contributed by atoms with van der Waals surface area (Å²) in [5, 5.41) is 7.49. The molecule has 4 heterocycles. The minimum atomic E-state index is -1.42. The zero-order valence-electron chi connectivity index (χ0n) is 36.6. The maximum Gasteiger partial charge on any atom is 0.414 e. The van der Waals surface area contributed by atoms with Gasteiger partial charge in [-0.1, -0.05) is 41.4 Å². The molecule has 0 spiro atoms. The maximum atomic E-state index is 15.9. The van der Waals surface area contributed by atoms with Crippen molar-refractivity contribution in [3.8, 4) is 22.6 Å². The van der Waals surface area contributed by atoms with Crippen molar-refractivity contribution in [1.82, 2.24) is 24.9 Å². The first-order valence-corrected chi connectivity index (χ1v) is 22.6. The third-order valence-electron chi connectivity index (χ3n) is 11.2. The van der Waals surface area contributed by atoms with Crippen LogP contribution in [0.3, 0.4) is 0 Å². The number of hydrogen-bond acceptors (Lipinski definition) is 14. The second-order valence-corrected chi connectivity index (χ2v) is 16.5. The number of morpholine rings is 2. The number of amides is 2. The Bertz CT molecular complexity index is 2300. The lowest BCUT2D eigenvalue weighted by Crippen LogP contribution is -2.45. The van der Waals surface area contributed by atoms with Crippen LogP contribution in [0.25, 0.3) is 11.1 Å². The van der Waals surface area contributed by atoms with E-state index in [4.69, 9.17) is 56.4 Å². The molecule has 1 N–H and O–H groups in total. The zero-order valence-corrected chi connectivity index (χ0v) is 38.2. The van der Waals surface area contributed by atoms with Crippen molar-refractivity contribution in [1.29, 1.82) is 0 Å². The lowest BCUT2D eigenvalue weighted by molar-refractivity contribution is -0.153. The predicted molar refractivity (Wildman–Crippen MR) is 241 cm³/mol. The highest BCUT2D eigenvalue weighted by Crippen LogP contribution is 2.40. The summed E-state index contributed by atoms with van der Waals surface area (Å²) in [7, 11) is 0. The Morgan fingerprint density at radius 1 is 0.833 bits per heavy atom. The first-order chi connectivity index (χ1) is 32.0. The standard InChI is InChI=1S/C46H53Cl2FN6O11/c1-31-36(47)6-3-8-41(31)62-23-24-66-46(59)55-9-4-16-64-43-34(5-2-7-40(43)55)33-28-50-54(29-33)30-35-37(48)25-32(26-38(35)49)44(57)51-39(45(58)65-22-15-53-12-19-61-20-13-53)27-42(56)63-21-14-52-10-17-60-18-11-52/h2-3,5-8,25-26,28-29,39H,4,9-24,27,30H2,1H3,(H,51,57)/t39-/m0/s1. The summed E-state index contributed by atoms with van der Waals surface area (Å²) < 4.78 is 56.5. The van der Waals surface area contributed by atoms with Gasteiger partial charge in [0.2, 0.25) is 0 Å². The van der Waals surface area contributed by atoms with Crippen LogP contribution in [-0.4, -0.2) is 155 Å². The number of halogens is 3. The molecule has 20 heteroatoms. The van der Waals surface area contributed by atoms with E-state index < -0.39 is 42.2 Å². The van der Waals surface area contributed by atoms with Crippen LogP contribution in [-0.2, 0) is 39.8 Å². The van der Waals surface area contributed by atoms with E-state index in [1.165, 1.54) is 15.6 Å². The number of nitrogens with one attached hydrogen (secondary N) is 1. The molecule has 3 aromatic carbocycles. The number of carbonyl (C=O) groups is 4. The van der Waals surface area contributed by atoms with Gasteiger partial charge in [-0.2, -0.15) is 5.10 Å². The number of fused-ring (bicyclic) bond motifs is 1. The summed E-state index contributed by atoms with van der Waals surface area (Å²) in [6, 6.07) is 11.6. The van der Waals surface area contributed by atoms with Gasteiger partial charge in [0.15, 0.2) is 5.75 Å². The van der Waals surface area contributed by atoms with Crippen LogP contribution < -0.4 is 19.7 Å². The molecule has 0 saturated carbocycles. The number of rotatable bonds is 18. The van der Waals surface area contributed by atoms with Crippen LogP contribution in [0.1, 0.15) is 34.3 Å². The Balaban J connectivity index is 0.980. The van der Waals surface area contributed by atoms with E-state index in [-0.39, 0.29) is 49.1 Å². The van der Waals surface area contributed by atoms with Crippen molar-refractivity contribution in [2.45, 2.75) is 32.4 Å². The molecule has 2 fully saturated rings. The Morgan fingerprint density at radius 2 is 1.55 bits per heavy atom. The lowest BCUT2D eigenvalue weighted by atomic mass is 10.1. The summed E-state index contributed by atoms with van der Waals surface area (Å²) in [4.78, 5) is 58.8. The summed E-state index contributed by atoms with van der Waals surface area (Å²) in [5.41, 5.74) is 2.46. The number of anilines is 1. The number of carbonyl (C=O) groups excluding carboxylic acids is 4. The quantitative estimate of drug-likeness (QED) is 0.0764. The molecular weight excluding hydrogens is 902 g/mol. The highest BCUT2D eigenvalue weighted by Gasteiger charge is 2.29. The number of para-hydroxylation sites is 1. The van der Waals surface area contributed by atoms with E-state index in [2.05, 4.69) is 20.2 Å². The van der Waals surface area contributed by atoms with Gasteiger partial charge in [0.25, 0.3) is 5.91 Å². The molecule has 7 rings (SSSR count). The Morgan fingerprint density at radius 3 is 2.27 bits per heavy atom. The van der Waals surface area contributed by atoms with E-state index in [0.717, 1.165) is 11.6 Å². The molecule has 3 aliphatic rings. The average molecular weight is 956 g/mol. The molecule has 0 aliphatic carbocycles. The molecule has 17 nitrogen and oxygen atoms in total. The highest BCUT2D eigenvalue weighted by molar-refractivity contribution is 6.32. The van der Waals surface area contributed by atoms with E-state index in [1.54, 1.807) is 42.7 Å². The van der Waals surface area contributed by atoms with Crippen molar-refractivity contribution in [2.75, 3.05) is 110 Å². The first kappa shape index (κ1) is 48.4. The fourth-order valence-electron chi connectivity index (χ4n) is 7.54. The SMILES string of the molecule is Cc1c(Cl)cccc1OCCOC(=O)N1CCCOc2c(-c3cnn(Cc4c(F)cc(C(=O)N[C@@H](CC(=O)OCCN5CCOCC5)C(=O)OCCN5CCOCC5)cc4Cl)c3)cccc21. The number of aromatic nitrogens is 2. The maximum absolute atomic E-state index is 15.9. The molecule has 66 heavy (non-hydrogen) atoms. The molecule has 2 saturated heterocycles. The van der Waals surface area contributed by atoms with Crippen molar-refractivity contribution < 1.29 is 56.7 Å². The van der Waals surface area contributed by atoms with Gasteiger partial charge in [0.05, 0.1) is 57.9 Å². The van der Waals surface area contributed by atoms with Crippen molar-refractivity contribution >= 4 is 52.8 Å². The van der Waals surface area contributed by atoms with Gasteiger partial charge >= 0.3 is 18.0 Å². The Hall–Kier alpha value is -5.50. The van der Waals surface area contributed by atoms with E-state index in [9.17, 15) is 19.2 Å². The van der Waals surface area contributed by atoms with Crippen LogP contribution in [0.4, 0.5) is 14.9 Å². The summed E-state index contributed by atoms with van der Waals surface area (Å²) >= 11 is 12.8. The zero-order chi connectivity index (χ0) is 46.4. The molecule has 2 amide bonds. The second-order valence-electron chi connectivity index (χ2n) is 15.7. The monoisotopic (exact) mass is 954 g/mol. The largest absolute Gasteiger partial charge is 0.491 e. The van der Waals surface area contributed by atoms with Crippen LogP contribution in [0.15, 0.2) is 60.9 Å². The average Bonchev–Trinajstić information content (AvgIpc) is 3.67. The highest BCUT2D eigenvalue weighted by atomic mass is 35.5. The molecule has 4 aromatic rings. The van der Waals surface area contributed by atoms with Crippen LogP contribution in [0.2, 0.25) is 10.0 Å². The molecule has 0 radical (unpaired) electrons. The molecule has 1 aromatic heterocycles. The van der Waals surface area contributed by atoms with Crippen LogP contribution >= 0.6 is 23.2 Å². The number of ether oxygens (including phenoxy) is 7. The van der Waals surface area contributed by atoms with Gasteiger partial charge in [-0.3, -0.25) is 29.0 Å². The van der Waals surface area contributed by atoms with Gasteiger partial charge in [0.1, 0.15) is 44.0 Å². The van der Waals surface area contributed by atoms with Gasteiger partial charge in [0, 0.05) is 89.9 Å². The van der Waals surface area contributed by atoms with Crippen molar-refractivity contribution in [3.05, 3.63) is 93.5 Å². The third kappa shape index (κ3) is 13.1. The number of nitrogens with zero attached hydrogens (tertiary/aromatic N) is 5. The van der Waals surface area contributed by atoms with Crippen LogP contribution in [0, 0.1) is 12.7 Å². The minimum Gasteiger partial charge on any atom is -0.491 e. The minimum absolute atomic E-state index is 0.00667. The van der Waals surface area contributed by atoms with Gasteiger partial charge < -0.3 is 38.5 Å². The molecule has 354 valence electrons. The molecule has 3 aliphatic heterocycles.